The minimum Gasteiger partial charge on any atom is -0.327 e. The molecule has 1 aromatic heterocycles. The lowest BCUT2D eigenvalue weighted by Gasteiger charge is -2.41. The third kappa shape index (κ3) is 4.54. The molecule has 3 amide bonds. The fourth-order valence-electron chi connectivity index (χ4n) is 5.78. The molecule has 38 heavy (non-hydrogen) atoms. The van der Waals surface area contributed by atoms with Gasteiger partial charge in [0.2, 0.25) is 5.91 Å². The summed E-state index contributed by atoms with van der Waals surface area (Å²) in [7, 11) is 0. The summed E-state index contributed by atoms with van der Waals surface area (Å²) in [4.78, 5) is 47.7. The maximum Gasteiger partial charge on any atom is 0.262 e. The number of carbonyl (C=O) groups excluding carboxylic acids is 3. The first kappa shape index (κ1) is 24.2. The summed E-state index contributed by atoms with van der Waals surface area (Å²) in [6.45, 7) is 0.0262. The second-order valence-electron chi connectivity index (χ2n) is 9.82. The molecule has 2 unspecified atom stereocenters. The van der Waals surface area contributed by atoms with Gasteiger partial charge in [0.15, 0.2) is 0 Å². The van der Waals surface area contributed by atoms with Crippen LogP contribution >= 0.6 is 11.3 Å². The van der Waals surface area contributed by atoms with Crippen LogP contribution in [0.25, 0.3) is 0 Å². The number of carbonyl (C=O) groups is 3. The molecule has 0 saturated carbocycles. The van der Waals surface area contributed by atoms with Crippen LogP contribution in [0.2, 0.25) is 0 Å². The van der Waals surface area contributed by atoms with Gasteiger partial charge < -0.3 is 4.90 Å². The highest BCUT2D eigenvalue weighted by atomic mass is 32.1. The Hall–Kier alpha value is -4.10. The zero-order valence-corrected chi connectivity index (χ0v) is 21.6. The monoisotopic (exact) mass is 521 g/mol. The number of hydrogen-bond acceptors (Lipinski definition) is 5. The van der Waals surface area contributed by atoms with Crippen molar-refractivity contribution in [3.8, 4) is 0 Å². The van der Waals surface area contributed by atoms with E-state index < -0.39 is 11.8 Å². The topological polar surface area (TPSA) is 70.6 Å². The van der Waals surface area contributed by atoms with E-state index in [0.29, 0.717) is 17.7 Å². The predicted molar refractivity (Wildman–Crippen MR) is 146 cm³/mol. The summed E-state index contributed by atoms with van der Waals surface area (Å²) < 4.78 is 0. The van der Waals surface area contributed by atoms with Gasteiger partial charge in [0.1, 0.15) is 11.6 Å². The van der Waals surface area contributed by atoms with Crippen molar-refractivity contribution >= 4 is 29.1 Å². The molecule has 0 spiro atoms. The highest BCUT2D eigenvalue weighted by molar-refractivity contribution is 7.09. The van der Waals surface area contributed by atoms with Crippen molar-refractivity contribution in [2.24, 2.45) is 5.92 Å². The van der Waals surface area contributed by atoms with Crippen molar-refractivity contribution in [1.29, 1.82) is 0 Å². The Morgan fingerprint density at radius 3 is 2.32 bits per heavy atom. The number of aromatic nitrogens is 1. The summed E-state index contributed by atoms with van der Waals surface area (Å²) in [5.41, 5.74) is 4.29. The lowest BCUT2D eigenvalue weighted by atomic mass is 9.76. The Labute approximate surface area is 225 Å². The average Bonchev–Trinajstić information content (AvgIpc) is 3.55. The molecule has 7 heteroatoms. The Morgan fingerprint density at radius 1 is 0.921 bits per heavy atom. The third-order valence-electron chi connectivity index (χ3n) is 7.56. The summed E-state index contributed by atoms with van der Waals surface area (Å²) in [5, 5.41) is 2.72. The molecule has 0 N–H and O–H groups in total. The Kier molecular flexibility index (Phi) is 6.60. The van der Waals surface area contributed by atoms with Crippen molar-refractivity contribution in [2.45, 2.75) is 31.8 Å². The molecule has 0 fully saturated rings. The van der Waals surface area contributed by atoms with E-state index in [-0.39, 0.29) is 24.4 Å². The van der Waals surface area contributed by atoms with Crippen LogP contribution in [0.1, 0.15) is 54.9 Å². The summed E-state index contributed by atoms with van der Waals surface area (Å²) in [5.74, 6) is -0.913. The molecule has 0 bridgehead atoms. The third-order valence-corrected chi connectivity index (χ3v) is 8.33. The zero-order valence-electron chi connectivity index (χ0n) is 20.8. The maximum absolute atomic E-state index is 14.1. The molecular weight excluding hydrogens is 494 g/mol. The van der Waals surface area contributed by atoms with E-state index in [4.69, 9.17) is 0 Å². The molecule has 190 valence electrons. The largest absolute Gasteiger partial charge is 0.327 e. The lowest BCUT2D eigenvalue weighted by molar-refractivity contribution is -0.136. The van der Waals surface area contributed by atoms with Crippen LogP contribution in [0.3, 0.4) is 0 Å². The number of thiazole rings is 1. The van der Waals surface area contributed by atoms with Gasteiger partial charge in [-0.05, 0) is 54.0 Å². The molecule has 2 aliphatic rings. The number of imide groups is 1. The molecule has 6 rings (SSSR count). The molecule has 2 heterocycles. The summed E-state index contributed by atoms with van der Waals surface area (Å²) in [6.07, 6.45) is 4.45. The predicted octanol–water partition coefficient (Wildman–Crippen LogP) is 5.31. The van der Waals surface area contributed by atoms with Crippen LogP contribution in [-0.2, 0) is 24.2 Å². The molecule has 4 aromatic rings. The van der Waals surface area contributed by atoms with Gasteiger partial charge in [-0.2, -0.15) is 0 Å². The Balaban J connectivity index is 1.37. The summed E-state index contributed by atoms with van der Waals surface area (Å²) in [6, 6.07) is 25.2. The van der Waals surface area contributed by atoms with Crippen LogP contribution in [0, 0.1) is 5.92 Å². The van der Waals surface area contributed by atoms with Gasteiger partial charge in [-0.1, -0.05) is 66.7 Å². The van der Waals surface area contributed by atoms with Crippen LogP contribution in [0.15, 0.2) is 90.4 Å². The quantitative estimate of drug-likeness (QED) is 0.309. The second-order valence-corrected chi connectivity index (χ2v) is 10.8. The van der Waals surface area contributed by atoms with Gasteiger partial charge in [-0.15, -0.1) is 11.3 Å². The zero-order chi connectivity index (χ0) is 26.1. The first-order chi connectivity index (χ1) is 18.6. The normalized spacial score (nSPS) is 18.3. The van der Waals surface area contributed by atoms with Gasteiger partial charge in [0.25, 0.3) is 11.8 Å². The fourth-order valence-corrected chi connectivity index (χ4v) is 6.40. The fraction of sp³-hybridized carbons (Fsp3) is 0.226. The molecular formula is C31H27N3O3S. The molecule has 1 aliphatic heterocycles. The first-order valence-corrected chi connectivity index (χ1v) is 13.7. The number of rotatable bonds is 7. The van der Waals surface area contributed by atoms with Gasteiger partial charge in [0.05, 0.1) is 23.7 Å². The van der Waals surface area contributed by atoms with E-state index in [1.165, 1.54) is 22.5 Å². The Bertz CT molecular complexity index is 1450. The molecule has 0 saturated heterocycles. The van der Waals surface area contributed by atoms with Crippen molar-refractivity contribution in [2.75, 3.05) is 6.54 Å². The molecule has 1 aliphatic carbocycles. The van der Waals surface area contributed by atoms with Crippen molar-refractivity contribution in [1.82, 2.24) is 14.8 Å². The van der Waals surface area contributed by atoms with E-state index in [9.17, 15) is 14.4 Å². The number of benzene rings is 3. The van der Waals surface area contributed by atoms with Crippen molar-refractivity contribution in [3.05, 3.63) is 123 Å². The standard InChI is InChI=1S/C31H27N3O3S/c35-28(20-34-30(36)25-12-6-7-13-26(25)31(34)37)33(19-27-32-16-17-38-27)29-23(18-21-8-2-1-3-9-21)15-14-22-10-4-5-11-24(22)29/h1-13,16-17,23,29H,14-15,18-20H2. The van der Waals surface area contributed by atoms with Gasteiger partial charge in [-0.3, -0.25) is 19.3 Å². The van der Waals surface area contributed by atoms with Crippen molar-refractivity contribution < 1.29 is 14.4 Å². The van der Waals surface area contributed by atoms with E-state index >= 15 is 0 Å². The highest BCUT2D eigenvalue weighted by Gasteiger charge is 2.41. The molecule has 2 atom stereocenters. The summed E-state index contributed by atoms with van der Waals surface area (Å²) >= 11 is 1.50. The van der Waals surface area contributed by atoms with E-state index in [1.807, 2.05) is 40.6 Å². The molecule has 3 aromatic carbocycles. The van der Waals surface area contributed by atoms with Gasteiger partial charge in [-0.25, -0.2) is 4.98 Å². The van der Waals surface area contributed by atoms with E-state index in [2.05, 4.69) is 29.2 Å². The minimum absolute atomic E-state index is 0.179. The molecule has 6 nitrogen and oxygen atoms in total. The van der Waals surface area contributed by atoms with Crippen LogP contribution in [0.4, 0.5) is 0 Å². The van der Waals surface area contributed by atoms with E-state index in [1.54, 1.807) is 30.5 Å². The van der Waals surface area contributed by atoms with Crippen LogP contribution in [0.5, 0.6) is 0 Å². The van der Waals surface area contributed by atoms with Gasteiger partial charge >= 0.3 is 0 Å². The molecule has 0 radical (unpaired) electrons. The van der Waals surface area contributed by atoms with Gasteiger partial charge in [0, 0.05) is 11.6 Å². The maximum atomic E-state index is 14.1. The minimum atomic E-state index is -0.418. The smallest absolute Gasteiger partial charge is 0.262 e. The second kappa shape index (κ2) is 10.3. The average molecular weight is 522 g/mol. The number of nitrogens with zero attached hydrogens (tertiary/aromatic N) is 3. The van der Waals surface area contributed by atoms with Crippen molar-refractivity contribution in [3.63, 3.8) is 0 Å². The first-order valence-electron chi connectivity index (χ1n) is 12.8. The number of hydrogen-bond donors (Lipinski definition) is 0. The highest BCUT2D eigenvalue weighted by Crippen LogP contribution is 2.41. The SMILES string of the molecule is O=C1c2ccccc2C(=O)N1CC(=O)N(Cc1nccs1)C1c2ccccc2CCC1Cc1ccccc1. The number of fused-ring (bicyclic) bond motifs is 2. The van der Waals surface area contributed by atoms with Crippen LogP contribution in [-0.4, -0.2) is 39.1 Å². The lowest BCUT2D eigenvalue weighted by Crippen LogP contribution is -2.46. The number of amides is 3. The Morgan fingerprint density at radius 2 is 1.61 bits per heavy atom. The van der Waals surface area contributed by atoms with E-state index in [0.717, 1.165) is 34.7 Å². The van der Waals surface area contributed by atoms with Crippen LogP contribution < -0.4 is 0 Å². The number of aryl methyl sites for hydroxylation is 1.